The van der Waals surface area contributed by atoms with Crippen LogP contribution in [0.3, 0.4) is 0 Å². The Morgan fingerprint density at radius 1 is 1.29 bits per heavy atom. The lowest BCUT2D eigenvalue weighted by Gasteiger charge is -2.17. The van der Waals surface area contributed by atoms with Crippen LogP contribution >= 0.6 is 0 Å². The number of hydrogen-bond donors (Lipinski definition) is 0. The zero-order valence-corrected chi connectivity index (χ0v) is 13.5. The normalized spacial score (nSPS) is 17.6. The van der Waals surface area contributed by atoms with Crippen molar-refractivity contribution in [3.63, 3.8) is 0 Å². The third-order valence-electron chi connectivity index (χ3n) is 4.50. The molecule has 1 atom stereocenters. The van der Waals surface area contributed by atoms with Gasteiger partial charge in [-0.2, -0.15) is 0 Å². The van der Waals surface area contributed by atoms with E-state index in [4.69, 9.17) is 4.74 Å². The number of halogens is 1. The highest BCUT2D eigenvalue weighted by molar-refractivity contribution is 5.82. The molecular formula is C16H17FN6O. The molecule has 4 rings (SSSR count). The Kier molecular flexibility index (Phi) is 3.51. The van der Waals surface area contributed by atoms with Gasteiger partial charge in [-0.1, -0.05) is 11.3 Å². The lowest BCUT2D eigenvalue weighted by Crippen LogP contribution is -2.21. The summed E-state index contributed by atoms with van der Waals surface area (Å²) in [5, 5.41) is 8.18. The average molecular weight is 328 g/mol. The second-order valence-corrected chi connectivity index (χ2v) is 5.91. The second-order valence-electron chi connectivity index (χ2n) is 5.91. The lowest BCUT2D eigenvalue weighted by molar-refractivity contribution is 0.386. The first kappa shape index (κ1) is 14.8. The number of fused-ring (bicyclic) bond motifs is 1. The molecular weight excluding hydrogens is 311 g/mol. The van der Waals surface area contributed by atoms with E-state index in [-0.39, 0.29) is 17.5 Å². The summed E-state index contributed by atoms with van der Waals surface area (Å²) in [6, 6.07) is 5.16. The molecule has 3 heterocycles. The molecule has 0 spiro atoms. The Bertz CT molecular complexity index is 895. The van der Waals surface area contributed by atoms with Crippen molar-refractivity contribution >= 4 is 17.0 Å². The van der Waals surface area contributed by atoms with Gasteiger partial charge >= 0.3 is 0 Å². The molecule has 1 fully saturated rings. The summed E-state index contributed by atoms with van der Waals surface area (Å²) in [5.74, 6) is 0.967. The predicted octanol–water partition coefficient (Wildman–Crippen LogP) is 1.90. The van der Waals surface area contributed by atoms with Crippen LogP contribution in [0.15, 0.2) is 24.5 Å². The molecule has 1 aromatic carbocycles. The number of methoxy groups -OCH3 is 1. The summed E-state index contributed by atoms with van der Waals surface area (Å²) in [6.45, 7) is 1.59. The van der Waals surface area contributed by atoms with Gasteiger partial charge in [0.1, 0.15) is 6.33 Å². The number of rotatable bonds is 3. The summed E-state index contributed by atoms with van der Waals surface area (Å²) < 4.78 is 20.6. The van der Waals surface area contributed by atoms with E-state index in [0.717, 1.165) is 30.9 Å². The molecule has 124 valence electrons. The highest BCUT2D eigenvalue weighted by Crippen LogP contribution is 2.33. The molecule has 1 saturated heterocycles. The summed E-state index contributed by atoms with van der Waals surface area (Å²) in [5.41, 5.74) is 2.38. The number of aromatic nitrogens is 5. The monoisotopic (exact) mass is 328 g/mol. The number of benzene rings is 1. The Balaban J connectivity index is 1.61. The van der Waals surface area contributed by atoms with E-state index in [1.54, 1.807) is 23.9 Å². The second kappa shape index (κ2) is 5.70. The first-order chi connectivity index (χ1) is 11.7. The minimum absolute atomic E-state index is 0.243. The lowest BCUT2D eigenvalue weighted by atomic mass is 9.98. The van der Waals surface area contributed by atoms with Gasteiger partial charge in [0.2, 0.25) is 0 Å². The Hall–Kier alpha value is -2.77. The molecule has 0 aliphatic carbocycles. The molecule has 0 amide bonds. The van der Waals surface area contributed by atoms with Crippen molar-refractivity contribution in [2.75, 3.05) is 25.1 Å². The van der Waals surface area contributed by atoms with Crippen molar-refractivity contribution in [1.29, 1.82) is 0 Å². The van der Waals surface area contributed by atoms with Gasteiger partial charge in [-0.25, -0.2) is 19.0 Å². The minimum atomic E-state index is -0.327. The first-order valence-corrected chi connectivity index (χ1v) is 7.76. The third-order valence-corrected chi connectivity index (χ3v) is 4.50. The van der Waals surface area contributed by atoms with Crippen LogP contribution in [0.2, 0.25) is 0 Å². The molecule has 2 aromatic heterocycles. The molecule has 3 aromatic rings. The van der Waals surface area contributed by atoms with Crippen LogP contribution in [0, 0.1) is 5.82 Å². The van der Waals surface area contributed by atoms with Crippen molar-refractivity contribution in [1.82, 2.24) is 25.0 Å². The number of aryl methyl sites for hydroxylation is 1. The molecule has 1 unspecified atom stereocenters. The van der Waals surface area contributed by atoms with Crippen LogP contribution in [0.5, 0.6) is 5.75 Å². The molecule has 1 aliphatic heterocycles. The van der Waals surface area contributed by atoms with Gasteiger partial charge in [0.05, 0.1) is 7.11 Å². The van der Waals surface area contributed by atoms with Crippen molar-refractivity contribution in [2.24, 2.45) is 7.05 Å². The summed E-state index contributed by atoms with van der Waals surface area (Å²) in [7, 11) is 3.27. The predicted molar refractivity (Wildman–Crippen MR) is 86.6 cm³/mol. The minimum Gasteiger partial charge on any atom is -0.494 e. The van der Waals surface area contributed by atoms with Gasteiger partial charge in [0.15, 0.2) is 28.5 Å². The maximum absolute atomic E-state index is 14.0. The van der Waals surface area contributed by atoms with Crippen LogP contribution in [0.25, 0.3) is 11.2 Å². The Morgan fingerprint density at radius 2 is 2.17 bits per heavy atom. The first-order valence-electron chi connectivity index (χ1n) is 7.76. The van der Waals surface area contributed by atoms with Crippen LogP contribution in [0.4, 0.5) is 10.2 Å². The highest BCUT2D eigenvalue weighted by atomic mass is 19.1. The maximum Gasteiger partial charge on any atom is 0.183 e. The molecule has 0 N–H and O–H groups in total. The third kappa shape index (κ3) is 2.34. The topological polar surface area (TPSA) is 69.0 Å². The van der Waals surface area contributed by atoms with Gasteiger partial charge in [-0.15, -0.1) is 5.10 Å². The van der Waals surface area contributed by atoms with Gasteiger partial charge in [0, 0.05) is 26.1 Å². The zero-order chi connectivity index (χ0) is 16.7. The summed E-state index contributed by atoms with van der Waals surface area (Å²) in [4.78, 5) is 10.8. The molecule has 8 heteroatoms. The van der Waals surface area contributed by atoms with Crippen molar-refractivity contribution in [3.05, 3.63) is 35.9 Å². The van der Waals surface area contributed by atoms with Crippen LogP contribution in [-0.2, 0) is 7.05 Å². The fourth-order valence-electron chi connectivity index (χ4n) is 3.23. The van der Waals surface area contributed by atoms with Crippen LogP contribution < -0.4 is 9.64 Å². The number of anilines is 1. The fraction of sp³-hybridized carbons (Fsp3) is 0.375. The van der Waals surface area contributed by atoms with Crippen molar-refractivity contribution in [2.45, 2.75) is 12.3 Å². The highest BCUT2D eigenvalue weighted by Gasteiger charge is 2.27. The summed E-state index contributed by atoms with van der Waals surface area (Å²) >= 11 is 0. The quantitative estimate of drug-likeness (QED) is 0.731. The van der Waals surface area contributed by atoms with E-state index in [9.17, 15) is 4.39 Å². The van der Waals surface area contributed by atoms with Crippen LogP contribution in [-0.4, -0.2) is 45.2 Å². The van der Waals surface area contributed by atoms with E-state index in [0.29, 0.717) is 11.2 Å². The largest absolute Gasteiger partial charge is 0.494 e. The SMILES string of the molecule is COc1ccc(C2CCN(c3ncnc4c3nnn4C)C2)cc1F. The molecule has 1 aliphatic rings. The van der Waals surface area contributed by atoms with Gasteiger partial charge in [-0.3, -0.25) is 0 Å². The molecule has 0 bridgehead atoms. The Morgan fingerprint density at radius 3 is 2.96 bits per heavy atom. The van der Waals surface area contributed by atoms with Gasteiger partial charge in [0.25, 0.3) is 0 Å². The fourth-order valence-corrected chi connectivity index (χ4v) is 3.23. The van der Waals surface area contributed by atoms with Crippen molar-refractivity contribution < 1.29 is 9.13 Å². The van der Waals surface area contributed by atoms with E-state index >= 15 is 0 Å². The van der Waals surface area contributed by atoms with Gasteiger partial charge in [-0.05, 0) is 24.1 Å². The van der Waals surface area contributed by atoms with Crippen LogP contribution in [0.1, 0.15) is 17.9 Å². The average Bonchev–Trinajstić information content (AvgIpc) is 3.22. The van der Waals surface area contributed by atoms with E-state index < -0.39 is 0 Å². The zero-order valence-electron chi connectivity index (χ0n) is 13.5. The summed E-state index contributed by atoms with van der Waals surface area (Å²) in [6.07, 6.45) is 2.46. The van der Waals surface area contributed by atoms with Crippen molar-refractivity contribution in [3.8, 4) is 5.75 Å². The molecule has 0 saturated carbocycles. The smallest absolute Gasteiger partial charge is 0.183 e. The maximum atomic E-state index is 14.0. The number of nitrogens with zero attached hydrogens (tertiary/aromatic N) is 6. The Labute approximate surface area is 138 Å². The van der Waals surface area contributed by atoms with E-state index in [1.165, 1.54) is 13.4 Å². The standard InChI is InChI=1S/C16H17FN6O/c1-22-15-14(20-21-22)16(19-9-18-15)23-6-5-11(8-23)10-3-4-13(24-2)12(17)7-10/h3-4,7,9,11H,5-6,8H2,1-2H3. The molecule has 7 nitrogen and oxygen atoms in total. The number of ether oxygens (including phenoxy) is 1. The molecule has 24 heavy (non-hydrogen) atoms. The number of hydrogen-bond acceptors (Lipinski definition) is 6. The van der Waals surface area contributed by atoms with E-state index in [1.807, 2.05) is 6.07 Å². The van der Waals surface area contributed by atoms with E-state index in [2.05, 4.69) is 25.2 Å². The van der Waals surface area contributed by atoms with Gasteiger partial charge < -0.3 is 9.64 Å². The molecule has 0 radical (unpaired) electrons.